The minimum atomic E-state index is 0.130. The Balaban J connectivity index is 1.74. The van der Waals surface area contributed by atoms with Crippen LogP contribution in [0, 0.1) is 13.8 Å². The smallest absolute Gasteiger partial charge is 0.224 e. The number of likely N-dealkylation sites (N-methyl/N-ethyl adjacent to an activating group) is 1. The third-order valence-electron chi connectivity index (χ3n) is 4.69. The van der Waals surface area contributed by atoms with Gasteiger partial charge >= 0.3 is 0 Å². The predicted molar refractivity (Wildman–Crippen MR) is 90.1 cm³/mol. The van der Waals surface area contributed by atoms with E-state index < -0.39 is 0 Å². The van der Waals surface area contributed by atoms with E-state index in [0.717, 1.165) is 42.7 Å². The van der Waals surface area contributed by atoms with Crippen molar-refractivity contribution < 1.29 is 4.79 Å². The first kappa shape index (κ1) is 15.1. The van der Waals surface area contributed by atoms with Gasteiger partial charge in [-0.1, -0.05) is 18.2 Å². The van der Waals surface area contributed by atoms with Crippen molar-refractivity contribution in [3.05, 3.63) is 35.0 Å². The number of amides is 1. The van der Waals surface area contributed by atoms with Crippen LogP contribution in [-0.2, 0) is 11.2 Å². The summed E-state index contributed by atoms with van der Waals surface area (Å²) >= 11 is 0. The summed E-state index contributed by atoms with van der Waals surface area (Å²) in [6, 6.07) is 6.55. The zero-order valence-corrected chi connectivity index (χ0v) is 13.7. The van der Waals surface area contributed by atoms with Crippen molar-refractivity contribution >= 4 is 16.8 Å². The molecule has 0 saturated carbocycles. The average Bonchev–Trinajstić information content (AvgIpc) is 2.77. The van der Waals surface area contributed by atoms with E-state index in [1.807, 2.05) is 0 Å². The monoisotopic (exact) mass is 299 g/mol. The van der Waals surface area contributed by atoms with Gasteiger partial charge in [-0.3, -0.25) is 4.79 Å². The molecule has 118 valence electrons. The minimum Gasteiger partial charge on any atom is -0.358 e. The maximum absolute atomic E-state index is 12.4. The molecule has 1 aromatic carbocycles. The van der Waals surface area contributed by atoms with Crippen molar-refractivity contribution in [1.29, 1.82) is 0 Å². The fourth-order valence-corrected chi connectivity index (χ4v) is 3.50. The number of aromatic nitrogens is 1. The van der Waals surface area contributed by atoms with E-state index in [1.165, 1.54) is 10.9 Å². The second-order valence-electron chi connectivity index (χ2n) is 6.57. The first-order chi connectivity index (χ1) is 10.5. The Morgan fingerprint density at radius 1 is 1.41 bits per heavy atom. The normalized spacial score (nSPS) is 19.5. The molecule has 4 heteroatoms. The third-order valence-corrected chi connectivity index (χ3v) is 4.69. The first-order valence-electron chi connectivity index (χ1n) is 8.09. The zero-order chi connectivity index (χ0) is 15.7. The van der Waals surface area contributed by atoms with E-state index in [9.17, 15) is 4.79 Å². The number of para-hydroxylation sites is 1. The molecule has 4 nitrogen and oxygen atoms in total. The highest BCUT2D eigenvalue weighted by Crippen LogP contribution is 2.25. The lowest BCUT2D eigenvalue weighted by Gasteiger charge is -2.30. The van der Waals surface area contributed by atoms with Gasteiger partial charge in [-0.25, -0.2) is 0 Å². The van der Waals surface area contributed by atoms with Gasteiger partial charge in [-0.15, -0.1) is 0 Å². The Hall–Kier alpha value is -1.81. The number of likely N-dealkylation sites (tertiary alicyclic amines) is 1. The van der Waals surface area contributed by atoms with Crippen LogP contribution in [-0.4, -0.2) is 42.0 Å². The van der Waals surface area contributed by atoms with E-state index in [0.29, 0.717) is 12.5 Å². The number of piperidine rings is 1. The van der Waals surface area contributed by atoms with Crippen LogP contribution in [0.25, 0.3) is 10.9 Å². The third kappa shape index (κ3) is 3.02. The van der Waals surface area contributed by atoms with Crippen LogP contribution in [0.1, 0.15) is 29.7 Å². The van der Waals surface area contributed by atoms with E-state index in [4.69, 9.17) is 0 Å². The number of nitrogens with zero attached hydrogens (tertiary/aromatic N) is 1. The summed E-state index contributed by atoms with van der Waals surface area (Å²) in [5.41, 5.74) is 4.60. The molecule has 22 heavy (non-hydrogen) atoms. The van der Waals surface area contributed by atoms with Gasteiger partial charge in [-0.2, -0.15) is 0 Å². The lowest BCUT2D eigenvalue weighted by Crippen LogP contribution is -2.46. The number of aryl methyl sites for hydroxylation is 2. The largest absolute Gasteiger partial charge is 0.358 e. The van der Waals surface area contributed by atoms with E-state index in [2.05, 4.69) is 54.3 Å². The number of carbonyl (C=O) groups is 1. The van der Waals surface area contributed by atoms with Crippen LogP contribution >= 0.6 is 0 Å². The van der Waals surface area contributed by atoms with Crippen molar-refractivity contribution in [3.8, 4) is 0 Å². The van der Waals surface area contributed by atoms with Crippen LogP contribution in [0.15, 0.2) is 18.2 Å². The number of aromatic amines is 1. The molecule has 0 spiro atoms. The maximum atomic E-state index is 12.4. The van der Waals surface area contributed by atoms with Gasteiger partial charge in [0.25, 0.3) is 0 Å². The molecule has 3 rings (SSSR count). The second kappa shape index (κ2) is 6.13. The molecule has 1 aromatic heterocycles. The molecule has 0 bridgehead atoms. The highest BCUT2D eigenvalue weighted by Gasteiger charge is 2.20. The number of carbonyl (C=O) groups excluding carboxylic acids is 1. The van der Waals surface area contributed by atoms with Gasteiger partial charge in [0.2, 0.25) is 5.91 Å². The number of benzene rings is 1. The highest BCUT2D eigenvalue weighted by molar-refractivity contribution is 5.91. The molecule has 1 fully saturated rings. The minimum absolute atomic E-state index is 0.130. The van der Waals surface area contributed by atoms with Crippen molar-refractivity contribution in [2.24, 2.45) is 0 Å². The van der Waals surface area contributed by atoms with Crippen LogP contribution < -0.4 is 5.32 Å². The topological polar surface area (TPSA) is 48.1 Å². The maximum Gasteiger partial charge on any atom is 0.224 e. The highest BCUT2D eigenvalue weighted by atomic mass is 16.1. The summed E-state index contributed by atoms with van der Waals surface area (Å²) in [6.07, 6.45) is 2.70. The molecule has 0 aliphatic carbocycles. The average molecular weight is 299 g/mol. The fourth-order valence-electron chi connectivity index (χ4n) is 3.50. The van der Waals surface area contributed by atoms with Crippen molar-refractivity contribution in [2.75, 3.05) is 20.1 Å². The van der Waals surface area contributed by atoms with Crippen LogP contribution in [0.3, 0.4) is 0 Å². The van der Waals surface area contributed by atoms with Gasteiger partial charge in [-0.05, 0) is 51.4 Å². The summed E-state index contributed by atoms with van der Waals surface area (Å²) in [4.78, 5) is 18.1. The van der Waals surface area contributed by atoms with Crippen molar-refractivity contribution in [2.45, 2.75) is 39.2 Å². The van der Waals surface area contributed by atoms with Crippen LogP contribution in [0.2, 0.25) is 0 Å². The molecular weight excluding hydrogens is 274 g/mol. The quantitative estimate of drug-likeness (QED) is 0.915. The molecule has 0 radical (unpaired) electrons. The molecule has 1 atom stereocenters. The zero-order valence-electron chi connectivity index (χ0n) is 13.7. The Labute approximate surface area is 131 Å². The number of hydrogen-bond donors (Lipinski definition) is 2. The van der Waals surface area contributed by atoms with Crippen molar-refractivity contribution in [1.82, 2.24) is 15.2 Å². The molecule has 0 unspecified atom stereocenters. The summed E-state index contributed by atoms with van der Waals surface area (Å²) in [5.74, 6) is 0.130. The van der Waals surface area contributed by atoms with Crippen molar-refractivity contribution in [3.63, 3.8) is 0 Å². The lowest BCUT2D eigenvalue weighted by molar-refractivity contribution is -0.121. The molecule has 2 aromatic rings. The SMILES string of the molecule is Cc1[nH]c2c(C)cccc2c1CC(=O)N[C@@H]1CCCN(C)C1. The van der Waals surface area contributed by atoms with Gasteiger partial charge in [0.05, 0.1) is 6.42 Å². The molecule has 1 aliphatic heterocycles. The van der Waals surface area contributed by atoms with Gasteiger partial charge in [0.1, 0.15) is 0 Å². The molecular formula is C18H25N3O. The van der Waals surface area contributed by atoms with E-state index in [1.54, 1.807) is 0 Å². The molecule has 2 N–H and O–H groups in total. The lowest BCUT2D eigenvalue weighted by atomic mass is 10.0. The second-order valence-corrected chi connectivity index (χ2v) is 6.57. The summed E-state index contributed by atoms with van der Waals surface area (Å²) in [5, 5.41) is 4.37. The van der Waals surface area contributed by atoms with Gasteiger partial charge in [0, 0.05) is 29.2 Å². The number of hydrogen-bond acceptors (Lipinski definition) is 2. The Morgan fingerprint density at radius 3 is 3.00 bits per heavy atom. The molecule has 1 amide bonds. The van der Waals surface area contributed by atoms with Gasteiger partial charge in [0.15, 0.2) is 0 Å². The van der Waals surface area contributed by atoms with Gasteiger partial charge < -0.3 is 15.2 Å². The summed E-state index contributed by atoms with van der Waals surface area (Å²) in [6.45, 7) is 6.24. The fraction of sp³-hybridized carbons (Fsp3) is 0.500. The Morgan fingerprint density at radius 2 is 2.23 bits per heavy atom. The number of nitrogens with one attached hydrogen (secondary N) is 2. The number of fused-ring (bicyclic) bond motifs is 1. The summed E-state index contributed by atoms with van der Waals surface area (Å²) < 4.78 is 0. The van der Waals surface area contributed by atoms with E-state index in [-0.39, 0.29) is 5.91 Å². The number of H-pyrrole nitrogens is 1. The first-order valence-corrected chi connectivity index (χ1v) is 8.09. The van der Waals surface area contributed by atoms with Crippen LogP contribution in [0.5, 0.6) is 0 Å². The predicted octanol–water partition coefficient (Wildman–Crippen LogP) is 2.54. The Bertz CT molecular complexity index is 689. The standard InChI is InChI=1S/C18H25N3O/c1-12-6-4-8-15-16(13(2)19-18(12)15)10-17(22)20-14-7-5-9-21(3)11-14/h4,6,8,14,19H,5,7,9-11H2,1-3H3,(H,20,22)/t14-/m1/s1. The molecule has 1 aliphatic rings. The molecule has 1 saturated heterocycles. The van der Waals surface area contributed by atoms with Crippen LogP contribution in [0.4, 0.5) is 0 Å². The summed E-state index contributed by atoms with van der Waals surface area (Å²) in [7, 11) is 2.12. The molecule has 2 heterocycles. The van der Waals surface area contributed by atoms with E-state index >= 15 is 0 Å². The number of rotatable bonds is 3. The Kier molecular flexibility index (Phi) is 4.21.